The Morgan fingerprint density at radius 2 is 2.33 bits per heavy atom. The molecule has 0 heterocycles. The van der Waals surface area contributed by atoms with Gasteiger partial charge in [-0.3, -0.25) is 4.79 Å². The summed E-state index contributed by atoms with van der Waals surface area (Å²) >= 11 is 0. The fraction of sp³-hybridized carbons (Fsp3) is 0.545. The third-order valence-electron chi connectivity index (χ3n) is 1.77. The lowest BCUT2D eigenvalue weighted by molar-refractivity contribution is -0.104. The van der Waals surface area contributed by atoms with E-state index < -0.39 is 0 Å². The Morgan fingerprint density at radius 3 is 2.83 bits per heavy atom. The number of allylic oxidation sites excluding steroid dienone is 2. The Morgan fingerprint density at radius 1 is 1.58 bits per heavy atom. The van der Waals surface area contributed by atoms with Gasteiger partial charge in [0.25, 0.3) is 0 Å². The molecule has 0 aromatic heterocycles. The first-order chi connectivity index (χ1) is 5.85. The molecule has 0 aliphatic rings. The van der Waals surface area contributed by atoms with Gasteiger partial charge in [-0.15, -0.1) is 12.3 Å². The summed E-state index contributed by atoms with van der Waals surface area (Å²) < 4.78 is 0. The molecule has 1 atom stereocenters. The predicted octanol–water partition coefficient (Wildman–Crippen LogP) is 2.57. The molecular weight excluding hydrogens is 148 g/mol. The highest BCUT2D eigenvalue weighted by Gasteiger charge is 2.00. The quantitative estimate of drug-likeness (QED) is 0.335. The lowest BCUT2D eigenvalue weighted by Gasteiger charge is -2.06. The van der Waals surface area contributed by atoms with E-state index in [2.05, 4.69) is 12.8 Å². The van der Waals surface area contributed by atoms with E-state index in [9.17, 15) is 4.79 Å². The summed E-state index contributed by atoms with van der Waals surface area (Å²) in [5.41, 5.74) is 0. The van der Waals surface area contributed by atoms with Gasteiger partial charge in [-0.1, -0.05) is 25.8 Å². The molecule has 0 aliphatic heterocycles. The standard InChI is InChI=1S/C11H16O/c1-3-5-8-11(7-4-2)9-6-10-12/h2,6,9-11H,3,5,7-8H2,1H3. The molecule has 0 saturated heterocycles. The van der Waals surface area contributed by atoms with E-state index in [1.165, 1.54) is 18.9 Å². The van der Waals surface area contributed by atoms with Gasteiger partial charge < -0.3 is 0 Å². The Kier molecular flexibility index (Phi) is 7.38. The van der Waals surface area contributed by atoms with Crippen LogP contribution in [0.25, 0.3) is 0 Å². The third kappa shape index (κ3) is 5.73. The van der Waals surface area contributed by atoms with Crippen molar-refractivity contribution in [2.24, 2.45) is 5.92 Å². The van der Waals surface area contributed by atoms with Crippen LogP contribution in [0, 0.1) is 18.3 Å². The minimum atomic E-state index is 0.389. The lowest BCUT2D eigenvalue weighted by Crippen LogP contribution is -1.94. The number of hydrogen-bond donors (Lipinski definition) is 0. The molecule has 0 fully saturated rings. The van der Waals surface area contributed by atoms with Gasteiger partial charge in [0, 0.05) is 6.42 Å². The molecule has 0 spiro atoms. The highest BCUT2D eigenvalue weighted by molar-refractivity contribution is 5.64. The Labute approximate surface area is 74.9 Å². The Hall–Kier alpha value is -1.03. The van der Waals surface area contributed by atoms with Crippen LogP contribution in [0.5, 0.6) is 0 Å². The Balaban J connectivity index is 3.78. The van der Waals surface area contributed by atoms with Crippen LogP contribution in [0.4, 0.5) is 0 Å². The molecule has 0 N–H and O–H groups in total. The second-order valence-electron chi connectivity index (χ2n) is 2.83. The van der Waals surface area contributed by atoms with Crippen molar-refractivity contribution in [2.45, 2.75) is 32.6 Å². The molecule has 0 amide bonds. The number of terminal acetylenes is 1. The zero-order valence-electron chi connectivity index (χ0n) is 7.62. The van der Waals surface area contributed by atoms with E-state index >= 15 is 0 Å². The number of aldehydes is 1. The fourth-order valence-electron chi connectivity index (χ4n) is 1.09. The van der Waals surface area contributed by atoms with Gasteiger partial charge in [-0.2, -0.15) is 0 Å². The van der Waals surface area contributed by atoms with E-state index in [0.717, 1.165) is 19.1 Å². The highest BCUT2D eigenvalue weighted by Crippen LogP contribution is 2.13. The molecule has 0 aromatic carbocycles. The largest absolute Gasteiger partial charge is 0.299 e. The first-order valence-corrected chi connectivity index (χ1v) is 4.40. The molecule has 0 rings (SSSR count). The number of carbonyl (C=O) groups excluding carboxylic acids is 1. The lowest BCUT2D eigenvalue weighted by atomic mass is 9.98. The highest BCUT2D eigenvalue weighted by atomic mass is 16.1. The first kappa shape index (κ1) is 11.0. The van der Waals surface area contributed by atoms with Crippen molar-refractivity contribution < 1.29 is 4.79 Å². The smallest absolute Gasteiger partial charge is 0.142 e. The van der Waals surface area contributed by atoms with Gasteiger partial charge in [0.05, 0.1) is 0 Å². The molecule has 0 aliphatic carbocycles. The van der Waals surface area contributed by atoms with Gasteiger partial charge in [0.1, 0.15) is 6.29 Å². The molecule has 1 nitrogen and oxygen atoms in total. The Bertz CT molecular complexity index is 174. The number of unbranched alkanes of at least 4 members (excludes halogenated alkanes) is 1. The maximum absolute atomic E-state index is 10.0. The van der Waals surface area contributed by atoms with Crippen molar-refractivity contribution in [2.75, 3.05) is 0 Å². The topological polar surface area (TPSA) is 17.1 Å². The van der Waals surface area contributed by atoms with Crippen LogP contribution in [0.3, 0.4) is 0 Å². The molecular formula is C11H16O. The molecule has 1 unspecified atom stereocenters. The summed E-state index contributed by atoms with van der Waals surface area (Å²) in [5.74, 6) is 3.01. The van der Waals surface area contributed by atoms with Crippen LogP contribution < -0.4 is 0 Å². The zero-order chi connectivity index (χ0) is 9.23. The summed E-state index contributed by atoms with van der Waals surface area (Å²) in [7, 11) is 0. The van der Waals surface area contributed by atoms with E-state index in [1.54, 1.807) is 0 Å². The van der Waals surface area contributed by atoms with E-state index in [1.807, 2.05) is 6.08 Å². The van der Waals surface area contributed by atoms with Crippen LogP contribution in [-0.4, -0.2) is 6.29 Å². The summed E-state index contributed by atoms with van der Waals surface area (Å²) in [6, 6.07) is 0. The first-order valence-electron chi connectivity index (χ1n) is 4.40. The molecule has 0 radical (unpaired) electrons. The average molecular weight is 164 g/mol. The number of rotatable bonds is 6. The molecule has 0 bridgehead atoms. The van der Waals surface area contributed by atoms with Gasteiger partial charge >= 0.3 is 0 Å². The van der Waals surface area contributed by atoms with Crippen LogP contribution in [0.2, 0.25) is 0 Å². The summed E-state index contributed by atoms with van der Waals surface area (Å²) in [5, 5.41) is 0. The van der Waals surface area contributed by atoms with Crippen molar-refractivity contribution in [3.63, 3.8) is 0 Å². The van der Waals surface area contributed by atoms with Gasteiger partial charge in [-0.05, 0) is 18.4 Å². The van der Waals surface area contributed by atoms with E-state index in [0.29, 0.717) is 5.92 Å². The van der Waals surface area contributed by atoms with Gasteiger partial charge in [0.15, 0.2) is 0 Å². The van der Waals surface area contributed by atoms with Crippen LogP contribution in [0.1, 0.15) is 32.6 Å². The molecule has 1 heteroatoms. The van der Waals surface area contributed by atoms with E-state index in [-0.39, 0.29) is 0 Å². The fourth-order valence-corrected chi connectivity index (χ4v) is 1.09. The van der Waals surface area contributed by atoms with Gasteiger partial charge in [-0.25, -0.2) is 0 Å². The van der Waals surface area contributed by atoms with Crippen LogP contribution in [0.15, 0.2) is 12.2 Å². The van der Waals surface area contributed by atoms with Crippen LogP contribution in [-0.2, 0) is 4.79 Å². The minimum Gasteiger partial charge on any atom is -0.299 e. The second kappa shape index (κ2) is 8.07. The maximum atomic E-state index is 10.0. The third-order valence-corrected chi connectivity index (χ3v) is 1.77. The summed E-state index contributed by atoms with van der Waals surface area (Å²) in [6.45, 7) is 2.15. The molecule has 12 heavy (non-hydrogen) atoms. The van der Waals surface area contributed by atoms with Crippen molar-refractivity contribution in [1.29, 1.82) is 0 Å². The van der Waals surface area contributed by atoms with Gasteiger partial charge in [0.2, 0.25) is 0 Å². The van der Waals surface area contributed by atoms with Crippen molar-refractivity contribution in [3.8, 4) is 12.3 Å². The van der Waals surface area contributed by atoms with Crippen LogP contribution >= 0.6 is 0 Å². The van der Waals surface area contributed by atoms with E-state index in [4.69, 9.17) is 6.42 Å². The minimum absolute atomic E-state index is 0.389. The maximum Gasteiger partial charge on any atom is 0.142 e. The monoisotopic (exact) mass is 164 g/mol. The van der Waals surface area contributed by atoms with Crippen molar-refractivity contribution in [1.82, 2.24) is 0 Å². The molecule has 0 saturated carbocycles. The predicted molar refractivity (Wildman–Crippen MR) is 51.7 cm³/mol. The molecule has 66 valence electrons. The SMILES string of the molecule is C#CCC(C=CC=O)CCCC. The van der Waals surface area contributed by atoms with Crippen molar-refractivity contribution in [3.05, 3.63) is 12.2 Å². The average Bonchev–Trinajstić information content (AvgIpc) is 2.10. The number of carbonyl (C=O) groups is 1. The molecule has 0 aromatic rings. The number of hydrogen-bond acceptors (Lipinski definition) is 1. The zero-order valence-corrected chi connectivity index (χ0v) is 7.62. The summed E-state index contributed by atoms with van der Waals surface area (Å²) in [6.07, 6.45) is 13.6. The van der Waals surface area contributed by atoms with Crippen molar-refractivity contribution >= 4 is 6.29 Å². The second-order valence-corrected chi connectivity index (χ2v) is 2.83. The normalized spacial score (nSPS) is 12.7. The summed E-state index contributed by atoms with van der Waals surface area (Å²) in [4.78, 5) is 10.0.